The van der Waals surface area contributed by atoms with E-state index in [2.05, 4.69) is 71.5 Å². The zero-order valence-corrected chi connectivity index (χ0v) is 20.6. The Morgan fingerprint density at radius 1 is 0.629 bits per heavy atom. The van der Waals surface area contributed by atoms with Gasteiger partial charge in [-0.3, -0.25) is 9.97 Å². The topological polar surface area (TPSA) is 35.0 Å². The maximum absolute atomic E-state index is 6.29. The number of benzene rings is 2. The van der Waals surface area contributed by atoms with E-state index in [1.165, 1.54) is 48.4 Å². The van der Waals surface area contributed by atoms with Gasteiger partial charge in [-0.05, 0) is 70.3 Å². The van der Waals surface area contributed by atoms with Gasteiger partial charge in [0.25, 0.3) is 0 Å². The molecule has 0 aliphatic rings. The lowest BCUT2D eigenvalue weighted by atomic mass is 9.99. The van der Waals surface area contributed by atoms with E-state index in [1.807, 2.05) is 49.1 Å². The molecule has 2 aromatic heterocycles. The lowest BCUT2D eigenvalue weighted by Gasteiger charge is -2.13. The third-order valence-corrected chi connectivity index (χ3v) is 6.12. The molecule has 178 valence electrons. The molecule has 35 heavy (non-hydrogen) atoms. The molecular formula is C32H34N2O. The van der Waals surface area contributed by atoms with Gasteiger partial charge in [0.1, 0.15) is 5.75 Å². The Morgan fingerprint density at radius 2 is 1.26 bits per heavy atom. The van der Waals surface area contributed by atoms with Crippen LogP contribution in [0.2, 0.25) is 0 Å². The predicted molar refractivity (Wildman–Crippen MR) is 149 cm³/mol. The Labute approximate surface area is 209 Å². The van der Waals surface area contributed by atoms with Crippen molar-refractivity contribution >= 4 is 35.1 Å². The molecule has 0 unspecified atom stereocenters. The molecule has 2 aromatic carbocycles. The fourth-order valence-electron chi connectivity index (χ4n) is 4.14. The number of fused-ring (bicyclic) bond motifs is 1. The highest BCUT2D eigenvalue weighted by Gasteiger charge is 2.08. The number of pyridine rings is 2. The number of unbranched alkanes of at least 4 members (excludes halogenated alkanes) is 5. The molecule has 4 rings (SSSR count). The lowest BCUT2D eigenvalue weighted by molar-refractivity contribution is 0.304. The number of hydrogen-bond donors (Lipinski definition) is 0. The van der Waals surface area contributed by atoms with Crippen LogP contribution < -0.4 is 4.74 Å². The molecule has 0 fully saturated rings. The van der Waals surface area contributed by atoms with Crippen molar-refractivity contribution in [2.24, 2.45) is 0 Å². The maximum Gasteiger partial charge on any atom is 0.127 e. The van der Waals surface area contributed by atoms with Gasteiger partial charge < -0.3 is 4.74 Å². The first-order valence-electron chi connectivity index (χ1n) is 12.7. The van der Waals surface area contributed by atoms with Crippen LogP contribution in [-0.2, 0) is 0 Å². The van der Waals surface area contributed by atoms with E-state index < -0.39 is 0 Å². The number of nitrogens with zero attached hydrogens (tertiary/aromatic N) is 2. The first-order valence-corrected chi connectivity index (χ1v) is 12.7. The van der Waals surface area contributed by atoms with Crippen molar-refractivity contribution < 1.29 is 4.74 Å². The highest BCUT2D eigenvalue weighted by molar-refractivity contribution is 5.96. The first kappa shape index (κ1) is 24.4. The minimum absolute atomic E-state index is 0.750. The van der Waals surface area contributed by atoms with Crippen molar-refractivity contribution in [3.63, 3.8) is 0 Å². The number of hydrogen-bond acceptors (Lipinski definition) is 3. The van der Waals surface area contributed by atoms with E-state index in [0.717, 1.165) is 35.5 Å². The van der Waals surface area contributed by atoms with E-state index in [4.69, 9.17) is 4.74 Å². The minimum atomic E-state index is 0.750. The Balaban J connectivity index is 1.56. The Morgan fingerprint density at radius 3 is 1.97 bits per heavy atom. The molecule has 0 amide bonds. The average Bonchev–Trinajstić information content (AvgIpc) is 2.91. The van der Waals surface area contributed by atoms with Crippen LogP contribution in [0.25, 0.3) is 35.1 Å². The average molecular weight is 463 g/mol. The summed E-state index contributed by atoms with van der Waals surface area (Å²) in [6.07, 6.45) is 23.4. The molecule has 0 atom stereocenters. The standard InChI is InChI=1S/C32H34N2O/c1-2-3-4-5-6-7-24-35-32-15-12-29-25-28(9-8-26-16-20-33-21-17-26)11-13-30(29)31(32)14-10-27-18-22-34-23-19-27/h8-23,25H,2-7,24H2,1H3/b9-8+,14-10+. The van der Waals surface area contributed by atoms with Gasteiger partial charge in [0.15, 0.2) is 0 Å². The third kappa shape index (κ3) is 7.38. The van der Waals surface area contributed by atoms with Crippen LogP contribution in [0.4, 0.5) is 0 Å². The van der Waals surface area contributed by atoms with E-state index >= 15 is 0 Å². The van der Waals surface area contributed by atoms with Gasteiger partial charge in [-0.1, -0.05) is 81.5 Å². The molecule has 0 spiro atoms. The number of aromatic nitrogens is 2. The smallest absolute Gasteiger partial charge is 0.127 e. The SMILES string of the molecule is CCCCCCCCOc1ccc2cc(/C=C/c3ccncc3)ccc2c1/C=C/c1ccncc1. The van der Waals surface area contributed by atoms with Crippen LogP contribution in [0.15, 0.2) is 79.4 Å². The molecule has 0 bridgehead atoms. The van der Waals surface area contributed by atoms with Crippen molar-refractivity contribution in [1.29, 1.82) is 0 Å². The van der Waals surface area contributed by atoms with Gasteiger partial charge in [0, 0.05) is 30.4 Å². The fourth-order valence-corrected chi connectivity index (χ4v) is 4.14. The maximum atomic E-state index is 6.29. The van der Waals surface area contributed by atoms with Gasteiger partial charge in [-0.25, -0.2) is 0 Å². The zero-order valence-electron chi connectivity index (χ0n) is 20.6. The van der Waals surface area contributed by atoms with Crippen molar-refractivity contribution in [3.8, 4) is 5.75 Å². The largest absolute Gasteiger partial charge is 0.493 e. The summed E-state index contributed by atoms with van der Waals surface area (Å²) in [5.41, 5.74) is 4.55. The molecule has 3 nitrogen and oxygen atoms in total. The lowest BCUT2D eigenvalue weighted by Crippen LogP contribution is -1.99. The Kier molecular flexibility index (Phi) is 9.23. The first-order chi connectivity index (χ1) is 17.3. The van der Waals surface area contributed by atoms with Crippen LogP contribution in [0.1, 0.15) is 67.7 Å². The van der Waals surface area contributed by atoms with Crippen LogP contribution >= 0.6 is 0 Å². The highest BCUT2D eigenvalue weighted by atomic mass is 16.5. The summed E-state index contributed by atoms with van der Waals surface area (Å²) in [6, 6.07) is 18.9. The molecule has 0 N–H and O–H groups in total. The van der Waals surface area contributed by atoms with Crippen molar-refractivity contribution in [2.45, 2.75) is 45.4 Å². The summed E-state index contributed by atoms with van der Waals surface area (Å²) >= 11 is 0. The van der Waals surface area contributed by atoms with Gasteiger partial charge in [0.2, 0.25) is 0 Å². The molecule has 2 heterocycles. The monoisotopic (exact) mass is 462 g/mol. The fraction of sp³-hybridized carbons (Fsp3) is 0.250. The van der Waals surface area contributed by atoms with E-state index in [1.54, 1.807) is 0 Å². The van der Waals surface area contributed by atoms with E-state index in [0.29, 0.717) is 0 Å². The number of rotatable bonds is 12. The second-order valence-electron chi connectivity index (χ2n) is 8.80. The normalized spacial score (nSPS) is 11.6. The molecule has 4 aromatic rings. The van der Waals surface area contributed by atoms with Gasteiger partial charge in [0.05, 0.1) is 6.61 Å². The molecular weight excluding hydrogens is 428 g/mol. The second-order valence-corrected chi connectivity index (χ2v) is 8.80. The van der Waals surface area contributed by atoms with E-state index in [9.17, 15) is 0 Å². The molecule has 0 saturated carbocycles. The minimum Gasteiger partial charge on any atom is -0.493 e. The molecule has 0 aliphatic carbocycles. The number of ether oxygens (including phenoxy) is 1. The summed E-state index contributed by atoms with van der Waals surface area (Å²) in [4.78, 5) is 8.21. The quantitative estimate of drug-likeness (QED) is 0.197. The third-order valence-electron chi connectivity index (χ3n) is 6.12. The summed E-state index contributed by atoms with van der Waals surface area (Å²) in [6.45, 7) is 3.00. The zero-order chi connectivity index (χ0) is 24.1. The van der Waals surface area contributed by atoms with Crippen molar-refractivity contribution in [2.75, 3.05) is 6.61 Å². The van der Waals surface area contributed by atoms with Crippen LogP contribution in [0, 0.1) is 0 Å². The summed E-state index contributed by atoms with van der Waals surface area (Å²) < 4.78 is 6.29. The van der Waals surface area contributed by atoms with Gasteiger partial charge in [-0.2, -0.15) is 0 Å². The van der Waals surface area contributed by atoms with Crippen LogP contribution in [-0.4, -0.2) is 16.6 Å². The Bertz CT molecular complexity index is 1250. The van der Waals surface area contributed by atoms with Crippen LogP contribution in [0.3, 0.4) is 0 Å². The molecule has 3 heteroatoms. The summed E-state index contributed by atoms with van der Waals surface area (Å²) in [7, 11) is 0. The second kappa shape index (κ2) is 13.2. The molecule has 0 saturated heterocycles. The van der Waals surface area contributed by atoms with Crippen molar-refractivity contribution in [1.82, 2.24) is 9.97 Å². The Hall–Kier alpha value is -3.72. The summed E-state index contributed by atoms with van der Waals surface area (Å²) in [5, 5.41) is 2.39. The molecule has 0 radical (unpaired) electrons. The van der Waals surface area contributed by atoms with Gasteiger partial charge in [-0.15, -0.1) is 0 Å². The van der Waals surface area contributed by atoms with Crippen LogP contribution in [0.5, 0.6) is 5.75 Å². The molecule has 0 aliphatic heterocycles. The van der Waals surface area contributed by atoms with E-state index in [-0.39, 0.29) is 0 Å². The predicted octanol–water partition coefficient (Wildman–Crippen LogP) is 8.71. The van der Waals surface area contributed by atoms with Crippen molar-refractivity contribution in [3.05, 3.63) is 102 Å². The summed E-state index contributed by atoms with van der Waals surface area (Å²) in [5.74, 6) is 0.941. The van der Waals surface area contributed by atoms with Gasteiger partial charge >= 0.3 is 0 Å². The highest BCUT2D eigenvalue weighted by Crippen LogP contribution is 2.31.